The van der Waals surface area contributed by atoms with Crippen molar-refractivity contribution in [3.8, 4) is 5.75 Å². The summed E-state index contributed by atoms with van der Waals surface area (Å²) in [5.74, 6) is 0.902. The van der Waals surface area contributed by atoms with E-state index in [2.05, 4.69) is 5.32 Å². The molecular formula is C14H20N2O4S. The largest absolute Gasteiger partial charge is 0.484 e. The monoisotopic (exact) mass is 312 g/mol. The van der Waals surface area contributed by atoms with Crippen molar-refractivity contribution in [1.82, 2.24) is 5.32 Å². The molecule has 0 aromatic heterocycles. The van der Waals surface area contributed by atoms with Crippen LogP contribution in [0.15, 0.2) is 17.0 Å². The van der Waals surface area contributed by atoms with E-state index < -0.39 is 10.0 Å². The second-order valence-corrected chi connectivity index (χ2v) is 6.97. The summed E-state index contributed by atoms with van der Waals surface area (Å²) in [4.78, 5) is 11.7. The topological polar surface area (TPSA) is 98.5 Å². The lowest BCUT2D eigenvalue weighted by molar-refractivity contribution is -0.123. The quantitative estimate of drug-likeness (QED) is 0.813. The number of nitrogens with two attached hydrogens (primary N) is 1. The molecule has 0 aliphatic heterocycles. The molecular weight excluding hydrogens is 292 g/mol. The van der Waals surface area contributed by atoms with E-state index in [1.54, 1.807) is 26.0 Å². The third-order valence-corrected chi connectivity index (χ3v) is 4.59. The molecule has 21 heavy (non-hydrogen) atoms. The standard InChI is InChI=1S/C14H20N2O4S/c1-9-5-12(6-10(2)14(9)21(15,18)19)20-8-13(17)16-7-11-3-4-11/h5-6,11H,3-4,7-8H2,1-2H3,(H,16,17)(H2,15,18,19). The Morgan fingerprint density at radius 3 is 2.38 bits per heavy atom. The van der Waals surface area contributed by atoms with Crippen LogP contribution >= 0.6 is 0 Å². The highest BCUT2D eigenvalue weighted by molar-refractivity contribution is 7.89. The Labute approximate surface area is 124 Å². The fourth-order valence-electron chi connectivity index (χ4n) is 2.22. The van der Waals surface area contributed by atoms with Crippen molar-refractivity contribution >= 4 is 15.9 Å². The SMILES string of the molecule is Cc1cc(OCC(=O)NCC2CC2)cc(C)c1S(N)(=O)=O. The van der Waals surface area contributed by atoms with Crippen LogP contribution in [0.1, 0.15) is 24.0 Å². The second-order valence-electron chi connectivity index (χ2n) is 5.47. The van der Waals surface area contributed by atoms with E-state index in [0.29, 0.717) is 29.3 Å². The Balaban J connectivity index is 1.99. The van der Waals surface area contributed by atoms with Gasteiger partial charge in [-0.25, -0.2) is 13.6 Å². The minimum Gasteiger partial charge on any atom is -0.484 e. The highest BCUT2D eigenvalue weighted by Crippen LogP contribution is 2.27. The Morgan fingerprint density at radius 1 is 1.33 bits per heavy atom. The number of carbonyl (C=O) groups excluding carboxylic acids is 1. The third kappa shape index (κ3) is 4.44. The van der Waals surface area contributed by atoms with Gasteiger partial charge in [-0.05, 0) is 55.9 Å². The zero-order valence-corrected chi connectivity index (χ0v) is 13.0. The summed E-state index contributed by atoms with van der Waals surface area (Å²) in [5.41, 5.74) is 1.01. The zero-order chi connectivity index (χ0) is 15.6. The summed E-state index contributed by atoms with van der Waals surface area (Å²) in [6.07, 6.45) is 2.35. The second kappa shape index (κ2) is 6.03. The van der Waals surface area contributed by atoms with Crippen molar-refractivity contribution in [2.24, 2.45) is 11.1 Å². The molecule has 1 aliphatic rings. The van der Waals surface area contributed by atoms with Gasteiger partial charge in [-0.15, -0.1) is 0 Å². The Morgan fingerprint density at radius 2 is 1.90 bits per heavy atom. The van der Waals surface area contributed by atoms with Gasteiger partial charge in [0.1, 0.15) is 5.75 Å². The maximum atomic E-state index is 11.6. The lowest BCUT2D eigenvalue weighted by Crippen LogP contribution is -2.30. The van der Waals surface area contributed by atoms with E-state index in [4.69, 9.17) is 9.88 Å². The smallest absolute Gasteiger partial charge is 0.257 e. The van der Waals surface area contributed by atoms with E-state index in [0.717, 1.165) is 0 Å². The first kappa shape index (κ1) is 15.8. The van der Waals surface area contributed by atoms with Crippen molar-refractivity contribution < 1.29 is 17.9 Å². The fraction of sp³-hybridized carbons (Fsp3) is 0.500. The van der Waals surface area contributed by atoms with Gasteiger partial charge in [0, 0.05) is 6.54 Å². The van der Waals surface area contributed by atoms with Crippen LogP contribution in [0.5, 0.6) is 5.75 Å². The van der Waals surface area contributed by atoms with E-state index in [-0.39, 0.29) is 17.4 Å². The minimum absolute atomic E-state index is 0.0830. The molecule has 1 amide bonds. The van der Waals surface area contributed by atoms with Crippen LogP contribution in [0.4, 0.5) is 0 Å². The molecule has 1 aromatic carbocycles. The number of sulfonamides is 1. The predicted molar refractivity (Wildman–Crippen MR) is 78.5 cm³/mol. The molecule has 0 radical (unpaired) electrons. The predicted octanol–water partition coefficient (Wildman–Crippen LogP) is 0.856. The van der Waals surface area contributed by atoms with Crippen LogP contribution in [-0.2, 0) is 14.8 Å². The number of carbonyl (C=O) groups is 1. The van der Waals surface area contributed by atoms with E-state index in [1.165, 1.54) is 12.8 Å². The van der Waals surface area contributed by atoms with Crippen molar-refractivity contribution in [3.05, 3.63) is 23.3 Å². The van der Waals surface area contributed by atoms with Crippen molar-refractivity contribution in [3.63, 3.8) is 0 Å². The average Bonchev–Trinajstić information content (AvgIpc) is 3.15. The van der Waals surface area contributed by atoms with E-state index in [1.807, 2.05) is 0 Å². The van der Waals surface area contributed by atoms with Gasteiger partial charge in [-0.3, -0.25) is 4.79 Å². The van der Waals surface area contributed by atoms with Gasteiger partial charge in [-0.2, -0.15) is 0 Å². The molecule has 2 rings (SSSR count). The number of nitrogens with one attached hydrogen (secondary N) is 1. The number of aryl methyl sites for hydroxylation is 2. The molecule has 6 nitrogen and oxygen atoms in total. The number of amides is 1. The van der Waals surface area contributed by atoms with Crippen LogP contribution in [-0.4, -0.2) is 27.5 Å². The normalized spacial score (nSPS) is 14.8. The lowest BCUT2D eigenvalue weighted by Gasteiger charge is -2.12. The molecule has 0 spiro atoms. The first-order chi connectivity index (χ1) is 9.77. The summed E-state index contributed by atoms with van der Waals surface area (Å²) >= 11 is 0. The number of primary sulfonamides is 1. The van der Waals surface area contributed by atoms with Gasteiger partial charge >= 0.3 is 0 Å². The summed E-state index contributed by atoms with van der Waals surface area (Å²) in [6, 6.07) is 3.14. The van der Waals surface area contributed by atoms with Gasteiger partial charge in [-0.1, -0.05) is 0 Å². The minimum atomic E-state index is -3.76. The van der Waals surface area contributed by atoms with Gasteiger partial charge < -0.3 is 10.1 Å². The molecule has 1 fully saturated rings. The van der Waals surface area contributed by atoms with E-state index >= 15 is 0 Å². The number of hydrogen-bond acceptors (Lipinski definition) is 4. The Hall–Kier alpha value is -1.60. The molecule has 0 saturated heterocycles. The van der Waals surface area contributed by atoms with E-state index in [9.17, 15) is 13.2 Å². The molecule has 1 aliphatic carbocycles. The van der Waals surface area contributed by atoms with Crippen LogP contribution in [0, 0.1) is 19.8 Å². The number of rotatable bonds is 6. The van der Waals surface area contributed by atoms with Gasteiger partial charge in [0.2, 0.25) is 10.0 Å². The number of ether oxygens (including phenoxy) is 1. The average molecular weight is 312 g/mol. The van der Waals surface area contributed by atoms with Gasteiger partial charge in [0.05, 0.1) is 4.90 Å². The van der Waals surface area contributed by atoms with Crippen LogP contribution in [0.3, 0.4) is 0 Å². The molecule has 0 bridgehead atoms. The summed E-state index contributed by atoms with van der Waals surface area (Å²) < 4.78 is 28.4. The van der Waals surface area contributed by atoms with Crippen LogP contribution in [0.2, 0.25) is 0 Å². The summed E-state index contributed by atoms with van der Waals surface area (Å²) in [5, 5.41) is 7.97. The molecule has 0 atom stereocenters. The fourth-order valence-corrected chi connectivity index (χ4v) is 3.24. The summed E-state index contributed by atoms with van der Waals surface area (Å²) in [7, 11) is -3.76. The molecule has 0 heterocycles. The number of hydrogen-bond donors (Lipinski definition) is 2. The molecule has 0 unspecified atom stereocenters. The first-order valence-corrected chi connectivity index (χ1v) is 8.35. The maximum Gasteiger partial charge on any atom is 0.257 e. The zero-order valence-electron chi connectivity index (χ0n) is 12.2. The highest BCUT2D eigenvalue weighted by Gasteiger charge is 2.21. The van der Waals surface area contributed by atoms with Crippen molar-refractivity contribution in [1.29, 1.82) is 0 Å². The Bertz CT molecular complexity index is 628. The van der Waals surface area contributed by atoms with Crippen LogP contribution in [0.25, 0.3) is 0 Å². The van der Waals surface area contributed by atoms with Crippen molar-refractivity contribution in [2.45, 2.75) is 31.6 Å². The summed E-state index contributed by atoms with van der Waals surface area (Å²) in [6.45, 7) is 3.91. The third-order valence-electron chi connectivity index (χ3n) is 3.37. The van der Waals surface area contributed by atoms with Gasteiger partial charge in [0.15, 0.2) is 6.61 Å². The van der Waals surface area contributed by atoms with Gasteiger partial charge in [0.25, 0.3) is 5.91 Å². The molecule has 7 heteroatoms. The van der Waals surface area contributed by atoms with Crippen LogP contribution < -0.4 is 15.2 Å². The number of benzene rings is 1. The Kier molecular flexibility index (Phi) is 4.53. The highest BCUT2D eigenvalue weighted by atomic mass is 32.2. The molecule has 1 aromatic rings. The van der Waals surface area contributed by atoms with Crippen molar-refractivity contribution in [2.75, 3.05) is 13.2 Å². The molecule has 116 valence electrons. The molecule has 3 N–H and O–H groups in total. The first-order valence-electron chi connectivity index (χ1n) is 6.81. The molecule has 1 saturated carbocycles. The lowest BCUT2D eigenvalue weighted by atomic mass is 10.1. The maximum absolute atomic E-state index is 11.6.